The van der Waals surface area contributed by atoms with Crippen LogP contribution in [-0.2, 0) is 19.7 Å². The van der Waals surface area contributed by atoms with Crippen molar-refractivity contribution < 1.29 is 19.1 Å². The third-order valence-electron chi connectivity index (χ3n) is 4.92. The maximum absolute atomic E-state index is 12.1. The number of aryl methyl sites for hydroxylation is 1. The third-order valence-corrected chi connectivity index (χ3v) is 4.92. The van der Waals surface area contributed by atoms with Crippen molar-refractivity contribution in [2.75, 3.05) is 6.61 Å². The van der Waals surface area contributed by atoms with Gasteiger partial charge in [-0.1, -0.05) is 50.3 Å². The van der Waals surface area contributed by atoms with Gasteiger partial charge in [0, 0.05) is 11.0 Å². The highest BCUT2D eigenvalue weighted by Gasteiger charge is 2.35. The molecule has 0 saturated heterocycles. The van der Waals surface area contributed by atoms with Gasteiger partial charge in [-0.05, 0) is 48.2 Å². The normalized spacial score (nSPS) is 13.5. The number of fused-ring (bicyclic) bond motifs is 3. The summed E-state index contributed by atoms with van der Waals surface area (Å²) in [6, 6.07) is 12.2. The average Bonchev–Trinajstić information content (AvgIpc) is 2.82. The van der Waals surface area contributed by atoms with Crippen LogP contribution in [0.25, 0.3) is 11.1 Å². The number of rotatable bonds is 5. The van der Waals surface area contributed by atoms with E-state index in [-0.39, 0.29) is 18.4 Å². The molecule has 2 aromatic carbocycles. The third kappa shape index (κ3) is 3.65. The Balaban J connectivity index is 1.73. The topological polar surface area (TPSA) is 52.6 Å². The second kappa shape index (κ2) is 7.03. The highest BCUT2D eigenvalue weighted by Crippen LogP contribution is 2.49. The molecule has 0 saturated carbocycles. The Labute approximate surface area is 159 Å². The minimum absolute atomic E-state index is 0.00107. The molecule has 1 aliphatic rings. The molecule has 0 radical (unpaired) electrons. The molecule has 0 aromatic heterocycles. The fourth-order valence-electron chi connectivity index (χ4n) is 3.43. The Morgan fingerprint density at radius 2 is 1.67 bits per heavy atom. The van der Waals surface area contributed by atoms with Crippen molar-refractivity contribution in [3.63, 3.8) is 0 Å². The fraction of sp³-hybridized carbons (Fsp3) is 0.304. The fourth-order valence-corrected chi connectivity index (χ4v) is 3.43. The second-order valence-electron chi connectivity index (χ2n) is 7.52. The molecule has 0 bridgehead atoms. The standard InChI is InChI=1S/C23H24O4/c1-14(2)22(25)26-11-10-21(24)27-16-7-9-18-17-8-6-15(3)12-19(17)23(4,5)20(18)13-16/h6-9,12-13H,1,10-11H2,2-5H3. The summed E-state index contributed by atoms with van der Waals surface area (Å²) in [5.41, 5.74) is 6.20. The van der Waals surface area contributed by atoms with E-state index < -0.39 is 11.9 Å². The molecule has 1 aliphatic carbocycles. The van der Waals surface area contributed by atoms with Gasteiger partial charge in [0.05, 0.1) is 6.42 Å². The molecule has 0 fully saturated rings. The second-order valence-corrected chi connectivity index (χ2v) is 7.52. The van der Waals surface area contributed by atoms with E-state index in [9.17, 15) is 9.59 Å². The summed E-state index contributed by atoms with van der Waals surface area (Å²) in [7, 11) is 0. The van der Waals surface area contributed by atoms with Crippen LogP contribution >= 0.6 is 0 Å². The first-order valence-corrected chi connectivity index (χ1v) is 8.99. The van der Waals surface area contributed by atoms with E-state index in [1.54, 1.807) is 6.92 Å². The largest absolute Gasteiger partial charge is 0.462 e. The van der Waals surface area contributed by atoms with Gasteiger partial charge in [0.1, 0.15) is 12.4 Å². The number of carbonyl (C=O) groups is 2. The van der Waals surface area contributed by atoms with Gasteiger partial charge in [-0.25, -0.2) is 4.79 Å². The molecule has 2 aromatic rings. The van der Waals surface area contributed by atoms with Crippen LogP contribution in [0.3, 0.4) is 0 Å². The Bertz CT molecular complexity index is 937. The van der Waals surface area contributed by atoms with Gasteiger partial charge in [-0.2, -0.15) is 0 Å². The van der Waals surface area contributed by atoms with Crippen LogP contribution in [0.4, 0.5) is 0 Å². The van der Waals surface area contributed by atoms with Crippen LogP contribution < -0.4 is 4.74 Å². The number of benzene rings is 2. The lowest BCUT2D eigenvalue weighted by Crippen LogP contribution is -2.16. The van der Waals surface area contributed by atoms with Crippen LogP contribution in [0.15, 0.2) is 48.6 Å². The zero-order valence-corrected chi connectivity index (χ0v) is 16.2. The molecule has 0 aliphatic heterocycles. The molecule has 0 amide bonds. The lowest BCUT2D eigenvalue weighted by atomic mass is 9.82. The number of carbonyl (C=O) groups excluding carboxylic acids is 2. The van der Waals surface area contributed by atoms with Gasteiger partial charge in [-0.3, -0.25) is 4.79 Å². The minimum atomic E-state index is -0.505. The lowest BCUT2D eigenvalue weighted by molar-refractivity contribution is -0.142. The molecule has 4 heteroatoms. The maximum Gasteiger partial charge on any atom is 0.333 e. The Morgan fingerprint density at radius 3 is 2.33 bits per heavy atom. The first kappa shape index (κ1) is 18.9. The van der Waals surface area contributed by atoms with E-state index in [1.165, 1.54) is 22.3 Å². The van der Waals surface area contributed by atoms with E-state index in [0.717, 1.165) is 5.56 Å². The summed E-state index contributed by atoms with van der Waals surface area (Å²) in [5.74, 6) is -0.439. The highest BCUT2D eigenvalue weighted by molar-refractivity contribution is 5.87. The summed E-state index contributed by atoms with van der Waals surface area (Å²) in [6.45, 7) is 11.5. The van der Waals surface area contributed by atoms with Crippen LogP contribution in [0.5, 0.6) is 5.75 Å². The lowest BCUT2D eigenvalue weighted by Gasteiger charge is -2.22. The predicted octanol–water partition coefficient (Wildman–Crippen LogP) is 4.72. The minimum Gasteiger partial charge on any atom is -0.462 e. The van der Waals surface area contributed by atoms with Gasteiger partial charge in [0.2, 0.25) is 0 Å². The molecule has 0 unspecified atom stereocenters. The van der Waals surface area contributed by atoms with Crippen molar-refractivity contribution in [1.82, 2.24) is 0 Å². The maximum atomic E-state index is 12.1. The van der Waals surface area contributed by atoms with Crippen molar-refractivity contribution in [2.24, 2.45) is 0 Å². The van der Waals surface area contributed by atoms with Gasteiger partial charge >= 0.3 is 11.9 Å². The summed E-state index contributed by atoms with van der Waals surface area (Å²) in [4.78, 5) is 23.4. The summed E-state index contributed by atoms with van der Waals surface area (Å²) >= 11 is 0. The van der Waals surface area contributed by atoms with Gasteiger partial charge in [0.25, 0.3) is 0 Å². The van der Waals surface area contributed by atoms with Crippen molar-refractivity contribution in [2.45, 2.75) is 39.5 Å². The molecule has 27 heavy (non-hydrogen) atoms. The molecule has 0 heterocycles. The Hall–Kier alpha value is -2.88. The average molecular weight is 364 g/mol. The van der Waals surface area contributed by atoms with E-state index in [0.29, 0.717) is 11.3 Å². The van der Waals surface area contributed by atoms with Crippen molar-refractivity contribution in [3.05, 3.63) is 65.2 Å². The van der Waals surface area contributed by atoms with Crippen LogP contribution in [0, 0.1) is 6.92 Å². The molecule has 140 valence electrons. The zero-order valence-electron chi connectivity index (χ0n) is 16.2. The van der Waals surface area contributed by atoms with Gasteiger partial charge < -0.3 is 9.47 Å². The van der Waals surface area contributed by atoms with Crippen LogP contribution in [-0.4, -0.2) is 18.5 Å². The van der Waals surface area contributed by atoms with E-state index in [2.05, 4.69) is 45.5 Å². The molecule has 4 nitrogen and oxygen atoms in total. The molecule has 0 atom stereocenters. The molecular formula is C23H24O4. The molecule has 3 rings (SSSR count). The molecular weight excluding hydrogens is 340 g/mol. The van der Waals surface area contributed by atoms with Crippen molar-refractivity contribution in [3.8, 4) is 16.9 Å². The van der Waals surface area contributed by atoms with Crippen molar-refractivity contribution >= 4 is 11.9 Å². The first-order chi connectivity index (χ1) is 12.7. The Morgan fingerprint density at radius 1 is 1.04 bits per heavy atom. The molecule has 0 N–H and O–H groups in total. The zero-order chi connectivity index (χ0) is 19.8. The first-order valence-electron chi connectivity index (χ1n) is 8.99. The number of hydrogen-bond donors (Lipinski definition) is 0. The number of ether oxygens (including phenoxy) is 2. The van der Waals surface area contributed by atoms with Crippen LogP contribution in [0.2, 0.25) is 0 Å². The highest BCUT2D eigenvalue weighted by atomic mass is 16.5. The van der Waals surface area contributed by atoms with Crippen LogP contribution in [0.1, 0.15) is 43.9 Å². The van der Waals surface area contributed by atoms with Gasteiger partial charge in [0.15, 0.2) is 0 Å². The van der Waals surface area contributed by atoms with Crippen molar-refractivity contribution in [1.29, 1.82) is 0 Å². The predicted molar refractivity (Wildman–Crippen MR) is 105 cm³/mol. The smallest absolute Gasteiger partial charge is 0.333 e. The molecule has 0 spiro atoms. The van der Waals surface area contributed by atoms with E-state index in [1.807, 2.05) is 18.2 Å². The summed E-state index contributed by atoms with van der Waals surface area (Å²) < 4.78 is 10.4. The Kier molecular flexibility index (Phi) is 4.92. The SMILES string of the molecule is C=C(C)C(=O)OCCC(=O)Oc1ccc2c(c1)C(C)(C)c1cc(C)ccc1-2. The summed E-state index contributed by atoms with van der Waals surface area (Å²) in [6.07, 6.45) is -0.00107. The van der Waals surface area contributed by atoms with E-state index in [4.69, 9.17) is 9.47 Å². The summed E-state index contributed by atoms with van der Waals surface area (Å²) in [5, 5.41) is 0. The quantitative estimate of drug-likeness (QED) is 0.438. The monoisotopic (exact) mass is 364 g/mol. The number of esters is 2. The van der Waals surface area contributed by atoms with Gasteiger partial charge in [-0.15, -0.1) is 0 Å². The van der Waals surface area contributed by atoms with E-state index >= 15 is 0 Å². The number of hydrogen-bond acceptors (Lipinski definition) is 4.